The number of nitrogens with zero attached hydrogens (tertiary/aromatic N) is 4. The number of halogens is 1. The Morgan fingerprint density at radius 2 is 2.00 bits per heavy atom. The van der Waals surface area contributed by atoms with Gasteiger partial charge in [0.05, 0.1) is 5.69 Å². The number of likely N-dealkylation sites (tertiary alicyclic amines) is 1. The number of hydrogen-bond acceptors (Lipinski definition) is 5. The molecule has 6 heteroatoms. The summed E-state index contributed by atoms with van der Waals surface area (Å²) in [5, 5.41) is 0. The molecule has 1 aromatic heterocycles. The summed E-state index contributed by atoms with van der Waals surface area (Å²) in [6, 6.07) is 0.849. The molecule has 1 aromatic rings. The second kappa shape index (κ2) is 6.23. The van der Waals surface area contributed by atoms with Crippen molar-refractivity contribution in [2.24, 2.45) is 5.73 Å². The van der Waals surface area contributed by atoms with Gasteiger partial charge in [-0.3, -0.25) is 4.90 Å². The lowest BCUT2D eigenvalue weighted by atomic mass is 10.0. The van der Waals surface area contributed by atoms with E-state index >= 15 is 0 Å². The Kier molecular flexibility index (Phi) is 4.35. The summed E-state index contributed by atoms with van der Waals surface area (Å²) in [5.41, 5.74) is 6.47. The summed E-state index contributed by atoms with van der Waals surface area (Å²) < 4.78 is 14.3. The van der Waals surface area contributed by atoms with Crippen LogP contribution >= 0.6 is 0 Å². The molecule has 0 aromatic carbocycles. The van der Waals surface area contributed by atoms with Gasteiger partial charge in [-0.05, 0) is 38.8 Å². The van der Waals surface area contributed by atoms with Gasteiger partial charge in [-0.1, -0.05) is 6.92 Å². The second-order valence-electron chi connectivity index (χ2n) is 6.07. The molecule has 2 saturated heterocycles. The Labute approximate surface area is 125 Å². The number of aromatic nitrogens is 2. The highest BCUT2D eigenvalue weighted by Gasteiger charge is 2.31. The minimum atomic E-state index is -0.249. The third kappa shape index (κ3) is 3.01. The van der Waals surface area contributed by atoms with E-state index in [1.165, 1.54) is 6.33 Å². The first-order chi connectivity index (χ1) is 10.2. The van der Waals surface area contributed by atoms with Crippen LogP contribution in [-0.2, 0) is 6.42 Å². The van der Waals surface area contributed by atoms with Crippen LogP contribution in [-0.4, -0.2) is 53.1 Å². The third-order valence-electron chi connectivity index (χ3n) is 4.73. The molecular weight excluding hydrogens is 269 g/mol. The van der Waals surface area contributed by atoms with Crippen LogP contribution in [0.2, 0.25) is 0 Å². The van der Waals surface area contributed by atoms with Crippen LogP contribution in [0.4, 0.5) is 10.2 Å². The van der Waals surface area contributed by atoms with Gasteiger partial charge in [0.25, 0.3) is 0 Å². The zero-order valence-corrected chi connectivity index (χ0v) is 12.6. The fraction of sp³-hybridized carbons (Fsp3) is 0.733. The Hall–Kier alpha value is -1.27. The molecule has 0 amide bonds. The molecule has 2 aliphatic rings. The highest BCUT2D eigenvalue weighted by Crippen LogP contribution is 2.26. The van der Waals surface area contributed by atoms with Crippen molar-refractivity contribution >= 4 is 5.82 Å². The van der Waals surface area contributed by atoms with Crippen molar-refractivity contribution in [3.63, 3.8) is 0 Å². The number of hydrogen-bond donors (Lipinski definition) is 1. The molecule has 0 bridgehead atoms. The second-order valence-corrected chi connectivity index (χ2v) is 6.07. The van der Waals surface area contributed by atoms with Crippen LogP contribution < -0.4 is 10.6 Å². The first kappa shape index (κ1) is 14.7. The average Bonchev–Trinajstić information content (AvgIpc) is 2.98. The van der Waals surface area contributed by atoms with Crippen molar-refractivity contribution in [2.45, 2.75) is 44.7 Å². The van der Waals surface area contributed by atoms with Crippen molar-refractivity contribution in [2.75, 3.05) is 31.1 Å². The van der Waals surface area contributed by atoms with Crippen LogP contribution in [0.1, 0.15) is 31.9 Å². The van der Waals surface area contributed by atoms with Crippen molar-refractivity contribution in [1.29, 1.82) is 0 Å². The lowest BCUT2D eigenvalue weighted by molar-refractivity contribution is 0.163. The van der Waals surface area contributed by atoms with Gasteiger partial charge in [-0.25, -0.2) is 14.4 Å². The van der Waals surface area contributed by atoms with Crippen LogP contribution in [0.25, 0.3) is 0 Å². The maximum absolute atomic E-state index is 14.3. The van der Waals surface area contributed by atoms with E-state index < -0.39 is 0 Å². The number of nitrogens with two attached hydrogens (primary N) is 1. The monoisotopic (exact) mass is 293 g/mol. The van der Waals surface area contributed by atoms with Crippen LogP contribution in [0, 0.1) is 5.82 Å². The van der Waals surface area contributed by atoms with Crippen LogP contribution in [0.15, 0.2) is 6.33 Å². The summed E-state index contributed by atoms with van der Waals surface area (Å²) in [6.45, 7) is 5.76. The highest BCUT2D eigenvalue weighted by atomic mass is 19.1. The Bertz CT molecular complexity index is 487. The first-order valence-electron chi connectivity index (χ1n) is 7.93. The summed E-state index contributed by atoms with van der Waals surface area (Å²) in [7, 11) is 0. The number of anilines is 1. The largest absolute Gasteiger partial charge is 0.352 e. The van der Waals surface area contributed by atoms with Crippen LogP contribution in [0.3, 0.4) is 0 Å². The third-order valence-corrected chi connectivity index (χ3v) is 4.73. The molecule has 3 rings (SSSR count). The lowest BCUT2D eigenvalue weighted by Crippen LogP contribution is -2.46. The van der Waals surface area contributed by atoms with E-state index in [-0.39, 0.29) is 5.82 Å². The van der Waals surface area contributed by atoms with E-state index in [0.717, 1.165) is 45.4 Å². The molecule has 1 atom stereocenters. The zero-order valence-electron chi connectivity index (χ0n) is 12.6. The highest BCUT2D eigenvalue weighted by molar-refractivity contribution is 5.42. The molecule has 0 aliphatic carbocycles. The van der Waals surface area contributed by atoms with E-state index in [4.69, 9.17) is 5.73 Å². The fourth-order valence-electron chi connectivity index (χ4n) is 3.38. The SMILES string of the molecule is CCc1ncnc(N2CCC(N3CCC(N)CC3)C2)c1F. The fourth-order valence-corrected chi connectivity index (χ4v) is 3.38. The molecule has 2 N–H and O–H groups in total. The van der Waals surface area contributed by atoms with Gasteiger partial charge >= 0.3 is 0 Å². The minimum Gasteiger partial charge on any atom is -0.352 e. The average molecular weight is 293 g/mol. The van der Waals surface area contributed by atoms with Gasteiger partial charge in [-0.2, -0.15) is 0 Å². The maximum Gasteiger partial charge on any atom is 0.187 e. The van der Waals surface area contributed by atoms with Gasteiger partial charge < -0.3 is 10.6 Å². The molecule has 2 fully saturated rings. The summed E-state index contributed by atoms with van der Waals surface area (Å²) in [4.78, 5) is 12.7. The molecule has 1 unspecified atom stereocenters. The van der Waals surface area contributed by atoms with Crippen LogP contribution in [0.5, 0.6) is 0 Å². The smallest absolute Gasteiger partial charge is 0.187 e. The lowest BCUT2D eigenvalue weighted by Gasteiger charge is -2.34. The van der Waals surface area contributed by atoms with Crippen molar-refractivity contribution in [3.8, 4) is 0 Å². The predicted octanol–water partition coefficient (Wildman–Crippen LogP) is 1.18. The number of piperidine rings is 1. The van der Waals surface area contributed by atoms with Crippen molar-refractivity contribution in [1.82, 2.24) is 14.9 Å². The Morgan fingerprint density at radius 3 is 2.71 bits per heavy atom. The Balaban J connectivity index is 1.67. The standard InChI is InChI=1S/C15H24FN5/c1-2-13-14(16)15(19-10-18-13)21-8-5-12(9-21)20-6-3-11(17)4-7-20/h10-12H,2-9,17H2,1H3. The quantitative estimate of drug-likeness (QED) is 0.907. The predicted molar refractivity (Wildman–Crippen MR) is 80.8 cm³/mol. The molecule has 21 heavy (non-hydrogen) atoms. The van der Waals surface area contributed by atoms with E-state index in [1.54, 1.807) is 0 Å². The molecule has 2 aliphatic heterocycles. The van der Waals surface area contributed by atoms with Gasteiger partial charge in [0.15, 0.2) is 11.6 Å². The topological polar surface area (TPSA) is 58.3 Å². The van der Waals surface area contributed by atoms with E-state index in [0.29, 0.717) is 30.0 Å². The molecule has 5 nitrogen and oxygen atoms in total. The van der Waals surface area contributed by atoms with Gasteiger partial charge in [-0.15, -0.1) is 0 Å². The van der Waals surface area contributed by atoms with E-state index in [2.05, 4.69) is 19.8 Å². The van der Waals surface area contributed by atoms with E-state index in [9.17, 15) is 4.39 Å². The minimum absolute atomic E-state index is 0.249. The summed E-state index contributed by atoms with van der Waals surface area (Å²) in [6.07, 6.45) is 5.28. The normalized spacial score (nSPS) is 24.7. The molecule has 0 radical (unpaired) electrons. The van der Waals surface area contributed by atoms with E-state index in [1.807, 2.05) is 6.92 Å². The molecular formula is C15H24FN5. The zero-order chi connectivity index (χ0) is 14.8. The maximum atomic E-state index is 14.3. The number of rotatable bonds is 3. The van der Waals surface area contributed by atoms with Gasteiger partial charge in [0.2, 0.25) is 0 Å². The summed E-state index contributed by atoms with van der Waals surface area (Å²) in [5.74, 6) is 0.222. The molecule has 116 valence electrons. The molecule has 0 spiro atoms. The molecule has 0 saturated carbocycles. The summed E-state index contributed by atoms with van der Waals surface area (Å²) >= 11 is 0. The first-order valence-corrected chi connectivity index (χ1v) is 7.93. The van der Waals surface area contributed by atoms with Crippen molar-refractivity contribution in [3.05, 3.63) is 17.8 Å². The van der Waals surface area contributed by atoms with Gasteiger partial charge in [0, 0.05) is 25.2 Å². The Morgan fingerprint density at radius 1 is 1.24 bits per heavy atom. The number of aryl methyl sites for hydroxylation is 1. The molecule has 3 heterocycles. The van der Waals surface area contributed by atoms with Crippen molar-refractivity contribution < 1.29 is 4.39 Å². The van der Waals surface area contributed by atoms with Gasteiger partial charge in [0.1, 0.15) is 6.33 Å².